The predicted octanol–water partition coefficient (Wildman–Crippen LogP) is 5.28. The average Bonchev–Trinajstić information content (AvgIpc) is 3.05. The third-order valence-corrected chi connectivity index (χ3v) is 6.53. The Kier molecular flexibility index (Phi) is 8.91. The number of hydrogen-bond acceptors (Lipinski definition) is 4. The third kappa shape index (κ3) is 5.86. The molecule has 2 aliphatic heterocycles. The van der Waals surface area contributed by atoms with Gasteiger partial charge in [0.2, 0.25) is 0 Å². The molecule has 6 nitrogen and oxygen atoms in total. The molecule has 0 saturated carbocycles. The molecule has 1 aromatic carbocycles. The standard InChI is InChI=1S/C24H31ClN4O2.2ClH/c1-16(2)17-12-21-22(26-20-6-5-19(25)11-18(20)14-29(21)13-17)28-9-7-27(8-10-28)15-24(3,4)23(30)31;;/h5-6,11-13,16H,7-10,14-15H2,1-4H3,(H,30,31);2*1H. The lowest BCUT2D eigenvalue weighted by molar-refractivity contribution is -0.148. The zero-order valence-corrected chi connectivity index (χ0v) is 21.9. The number of amidine groups is 1. The Balaban J connectivity index is 0.00000193. The van der Waals surface area contributed by atoms with Crippen LogP contribution in [0.2, 0.25) is 5.02 Å². The second-order valence-corrected chi connectivity index (χ2v) is 10.0. The summed E-state index contributed by atoms with van der Waals surface area (Å²) in [5, 5.41) is 10.2. The molecule has 2 aromatic rings. The summed E-state index contributed by atoms with van der Waals surface area (Å²) in [4.78, 5) is 21.2. The monoisotopic (exact) mass is 514 g/mol. The van der Waals surface area contributed by atoms with Crippen LogP contribution < -0.4 is 0 Å². The molecule has 182 valence electrons. The molecule has 9 heteroatoms. The highest BCUT2D eigenvalue weighted by Crippen LogP contribution is 2.31. The van der Waals surface area contributed by atoms with Crippen molar-refractivity contribution in [1.29, 1.82) is 0 Å². The van der Waals surface area contributed by atoms with Crippen LogP contribution in [0.1, 0.15) is 50.4 Å². The van der Waals surface area contributed by atoms with Gasteiger partial charge in [-0.25, -0.2) is 4.99 Å². The van der Waals surface area contributed by atoms with Gasteiger partial charge in [-0.15, -0.1) is 24.8 Å². The molecule has 0 radical (unpaired) electrons. The van der Waals surface area contributed by atoms with E-state index in [1.807, 2.05) is 18.2 Å². The Bertz CT molecular complexity index is 1020. The Morgan fingerprint density at radius 2 is 1.82 bits per heavy atom. The molecule has 1 saturated heterocycles. The van der Waals surface area contributed by atoms with E-state index in [1.165, 1.54) is 5.56 Å². The van der Waals surface area contributed by atoms with Crippen LogP contribution in [-0.2, 0) is 11.3 Å². The molecule has 1 fully saturated rings. The lowest BCUT2D eigenvalue weighted by Crippen LogP contribution is -2.52. The molecule has 0 aliphatic carbocycles. The fraction of sp³-hybridized carbons (Fsp3) is 0.500. The summed E-state index contributed by atoms with van der Waals surface area (Å²) in [6, 6.07) is 8.16. The van der Waals surface area contributed by atoms with Gasteiger partial charge in [-0.2, -0.15) is 0 Å². The van der Waals surface area contributed by atoms with Crippen LogP contribution in [0.4, 0.5) is 5.69 Å². The van der Waals surface area contributed by atoms with Crippen LogP contribution in [0, 0.1) is 5.41 Å². The highest BCUT2D eigenvalue weighted by atomic mass is 35.5. The first-order chi connectivity index (χ1) is 14.6. The third-order valence-electron chi connectivity index (χ3n) is 6.29. The summed E-state index contributed by atoms with van der Waals surface area (Å²) in [6.07, 6.45) is 2.23. The Hall–Kier alpha value is -1.73. The average molecular weight is 516 g/mol. The van der Waals surface area contributed by atoms with Crippen molar-refractivity contribution in [3.05, 3.63) is 52.3 Å². The smallest absolute Gasteiger partial charge is 0.310 e. The van der Waals surface area contributed by atoms with Gasteiger partial charge >= 0.3 is 5.97 Å². The molecule has 1 N–H and O–H groups in total. The van der Waals surface area contributed by atoms with Gasteiger partial charge in [0, 0.05) is 50.5 Å². The molecular weight excluding hydrogens is 483 g/mol. The molecular formula is C24H33Cl3N4O2. The second-order valence-electron chi connectivity index (χ2n) is 9.60. The maximum Gasteiger partial charge on any atom is 0.310 e. The Morgan fingerprint density at radius 1 is 1.15 bits per heavy atom. The molecule has 2 aliphatic rings. The first-order valence-corrected chi connectivity index (χ1v) is 11.3. The second kappa shape index (κ2) is 10.7. The summed E-state index contributed by atoms with van der Waals surface area (Å²) in [7, 11) is 0. The molecule has 0 atom stereocenters. The van der Waals surface area contributed by atoms with Crippen LogP contribution in [0.3, 0.4) is 0 Å². The number of fused-ring (bicyclic) bond motifs is 2. The van der Waals surface area contributed by atoms with E-state index in [9.17, 15) is 9.90 Å². The number of aromatic nitrogens is 1. The Morgan fingerprint density at radius 3 is 2.42 bits per heavy atom. The number of carboxylic acid groups (broad SMARTS) is 1. The maximum absolute atomic E-state index is 11.5. The summed E-state index contributed by atoms with van der Waals surface area (Å²) in [5.41, 5.74) is 3.77. The highest BCUT2D eigenvalue weighted by Gasteiger charge is 2.32. The van der Waals surface area contributed by atoms with Crippen LogP contribution in [0.25, 0.3) is 0 Å². The van der Waals surface area contributed by atoms with Gasteiger partial charge in [0.1, 0.15) is 0 Å². The molecule has 3 heterocycles. The number of halogens is 3. The highest BCUT2D eigenvalue weighted by molar-refractivity contribution is 6.30. The minimum Gasteiger partial charge on any atom is -0.481 e. The van der Waals surface area contributed by atoms with Gasteiger partial charge < -0.3 is 14.6 Å². The van der Waals surface area contributed by atoms with Crippen molar-refractivity contribution in [1.82, 2.24) is 14.4 Å². The largest absolute Gasteiger partial charge is 0.481 e. The Labute approximate surface area is 213 Å². The van der Waals surface area contributed by atoms with Gasteiger partial charge in [-0.1, -0.05) is 25.4 Å². The number of hydrogen-bond donors (Lipinski definition) is 1. The molecule has 0 unspecified atom stereocenters. The number of aliphatic imine (C=N–C) groups is 1. The van der Waals surface area contributed by atoms with E-state index in [2.05, 4.69) is 40.5 Å². The van der Waals surface area contributed by atoms with Gasteiger partial charge in [0.25, 0.3) is 0 Å². The van der Waals surface area contributed by atoms with E-state index in [0.29, 0.717) is 12.5 Å². The van der Waals surface area contributed by atoms with Crippen molar-refractivity contribution in [2.75, 3.05) is 32.7 Å². The van der Waals surface area contributed by atoms with Crippen molar-refractivity contribution in [3.63, 3.8) is 0 Å². The lowest BCUT2D eigenvalue weighted by Gasteiger charge is -2.38. The van der Waals surface area contributed by atoms with Crippen LogP contribution in [-0.4, -0.2) is 64.0 Å². The van der Waals surface area contributed by atoms with Gasteiger partial charge in [0.15, 0.2) is 5.84 Å². The van der Waals surface area contributed by atoms with Gasteiger partial charge in [-0.3, -0.25) is 9.69 Å². The number of carboxylic acids is 1. The van der Waals surface area contributed by atoms with Gasteiger partial charge in [0.05, 0.1) is 16.8 Å². The fourth-order valence-electron chi connectivity index (χ4n) is 4.29. The molecule has 0 amide bonds. The van der Waals surface area contributed by atoms with Crippen molar-refractivity contribution in [2.24, 2.45) is 10.4 Å². The molecule has 1 aromatic heterocycles. The lowest BCUT2D eigenvalue weighted by atomic mass is 9.93. The van der Waals surface area contributed by atoms with E-state index in [-0.39, 0.29) is 24.8 Å². The SMILES string of the molecule is CC(C)c1cc2n(c1)Cc1cc(Cl)ccc1N=C2N1CCN(CC(C)(C)C(=O)O)CC1.Cl.Cl. The number of nitrogens with zero attached hydrogens (tertiary/aromatic N) is 4. The summed E-state index contributed by atoms with van der Waals surface area (Å²) in [6.45, 7) is 12.6. The van der Waals surface area contributed by atoms with Gasteiger partial charge in [-0.05, 0) is 55.2 Å². The van der Waals surface area contributed by atoms with Crippen LogP contribution in [0.15, 0.2) is 35.5 Å². The van der Waals surface area contributed by atoms with Crippen molar-refractivity contribution >= 4 is 53.9 Å². The van der Waals surface area contributed by atoms with Crippen LogP contribution in [0.5, 0.6) is 0 Å². The zero-order valence-electron chi connectivity index (χ0n) is 19.5. The minimum atomic E-state index is -0.752. The van der Waals surface area contributed by atoms with Crippen molar-refractivity contribution in [3.8, 4) is 0 Å². The predicted molar refractivity (Wildman–Crippen MR) is 139 cm³/mol. The summed E-state index contributed by atoms with van der Waals surface area (Å²) < 4.78 is 2.29. The summed E-state index contributed by atoms with van der Waals surface area (Å²) >= 11 is 6.27. The van der Waals surface area contributed by atoms with E-state index in [4.69, 9.17) is 16.6 Å². The van der Waals surface area contributed by atoms with E-state index < -0.39 is 11.4 Å². The van der Waals surface area contributed by atoms with E-state index >= 15 is 0 Å². The first kappa shape index (κ1) is 27.5. The van der Waals surface area contributed by atoms with E-state index in [0.717, 1.165) is 60.5 Å². The molecule has 4 rings (SSSR count). The number of benzene rings is 1. The maximum atomic E-state index is 11.5. The number of aliphatic carboxylic acids is 1. The summed E-state index contributed by atoms with van der Waals surface area (Å²) in [5.74, 6) is 0.678. The quantitative estimate of drug-likeness (QED) is 0.602. The molecule has 33 heavy (non-hydrogen) atoms. The fourth-order valence-corrected chi connectivity index (χ4v) is 4.48. The normalized spacial score (nSPS) is 16.2. The van der Waals surface area contributed by atoms with Crippen molar-refractivity contribution < 1.29 is 9.90 Å². The number of rotatable bonds is 4. The minimum absolute atomic E-state index is 0. The molecule has 0 spiro atoms. The van der Waals surface area contributed by atoms with E-state index in [1.54, 1.807) is 13.8 Å². The topological polar surface area (TPSA) is 61.1 Å². The first-order valence-electron chi connectivity index (χ1n) is 10.9. The van der Waals surface area contributed by atoms with Crippen molar-refractivity contribution in [2.45, 2.75) is 40.2 Å². The molecule has 0 bridgehead atoms. The number of carbonyl (C=O) groups is 1. The number of piperazine rings is 1. The van der Waals surface area contributed by atoms with Crippen LogP contribution >= 0.6 is 36.4 Å². The zero-order chi connectivity index (χ0) is 22.3.